The number of hydrogen-bond acceptors (Lipinski definition) is 5. The van der Waals surface area contributed by atoms with Crippen molar-refractivity contribution in [2.45, 2.75) is 31.8 Å². The number of carboxylic acid groups (broad SMARTS) is 1. The fourth-order valence-electron chi connectivity index (χ4n) is 3.99. The van der Waals surface area contributed by atoms with Gasteiger partial charge in [-0.2, -0.15) is 0 Å². The molecule has 1 N–H and O–H groups in total. The first-order chi connectivity index (χ1) is 14.7. The Kier molecular flexibility index (Phi) is 6.05. The molecule has 0 spiro atoms. The Hall–Kier alpha value is -3.25. The van der Waals surface area contributed by atoms with Crippen molar-refractivity contribution < 1.29 is 19.4 Å². The zero-order valence-electron chi connectivity index (χ0n) is 16.8. The molecular weight excluding hydrogens is 380 g/mol. The van der Waals surface area contributed by atoms with Crippen molar-refractivity contribution in [1.82, 2.24) is 9.97 Å². The number of benzene rings is 1. The summed E-state index contributed by atoms with van der Waals surface area (Å²) in [6.45, 7) is 2.72. The molecule has 2 aromatic heterocycles. The van der Waals surface area contributed by atoms with E-state index in [2.05, 4.69) is 22.1 Å². The summed E-state index contributed by atoms with van der Waals surface area (Å²) in [5.41, 5.74) is 5.78. The van der Waals surface area contributed by atoms with Crippen LogP contribution in [0.3, 0.4) is 0 Å². The fourth-order valence-corrected chi connectivity index (χ4v) is 3.99. The lowest BCUT2D eigenvalue weighted by molar-refractivity contribution is -0.149. The second-order valence-electron chi connectivity index (χ2n) is 7.25. The van der Waals surface area contributed by atoms with Gasteiger partial charge in [0.2, 0.25) is 0 Å². The lowest BCUT2D eigenvalue weighted by Gasteiger charge is -2.15. The average Bonchev–Trinajstić information content (AvgIpc) is 3.09. The number of pyridine rings is 2. The highest BCUT2D eigenvalue weighted by molar-refractivity contribution is 5.77. The summed E-state index contributed by atoms with van der Waals surface area (Å²) in [6.07, 6.45) is 7.85. The molecule has 1 aliphatic carbocycles. The van der Waals surface area contributed by atoms with E-state index in [4.69, 9.17) is 9.47 Å². The number of aromatic nitrogens is 2. The van der Waals surface area contributed by atoms with Gasteiger partial charge in [0.15, 0.2) is 6.10 Å². The minimum absolute atomic E-state index is 0.221. The number of fused-ring (bicyclic) bond motifs is 3. The molecule has 0 aliphatic heterocycles. The number of nitrogens with zero attached hydrogens (tertiary/aromatic N) is 2. The number of carboxylic acids is 1. The standard InChI is InChI=1S/C24H24N2O4/c1-2-29-23(24(27)28)13-16-3-5-17(6-4-16)30-12-9-20-21-14-25-10-7-18(21)19-8-11-26-15-22(19)20/h3-8,10-11,14-15,20,23H,2,9,12-13H2,1H3,(H,27,28). The van der Waals surface area contributed by atoms with Gasteiger partial charge >= 0.3 is 5.97 Å². The molecule has 0 bridgehead atoms. The van der Waals surface area contributed by atoms with Crippen LogP contribution in [0.2, 0.25) is 0 Å². The Labute approximate surface area is 175 Å². The largest absolute Gasteiger partial charge is 0.494 e. The molecule has 4 rings (SSSR count). The van der Waals surface area contributed by atoms with Gasteiger partial charge in [-0.1, -0.05) is 12.1 Å². The second kappa shape index (κ2) is 9.05. The predicted molar refractivity (Wildman–Crippen MR) is 113 cm³/mol. The van der Waals surface area contributed by atoms with Crippen LogP contribution in [-0.4, -0.2) is 40.4 Å². The first-order valence-corrected chi connectivity index (χ1v) is 10.1. The van der Waals surface area contributed by atoms with E-state index < -0.39 is 12.1 Å². The van der Waals surface area contributed by atoms with Crippen LogP contribution in [0.25, 0.3) is 11.1 Å². The minimum atomic E-state index is -0.946. The van der Waals surface area contributed by atoms with Crippen LogP contribution in [0.5, 0.6) is 5.75 Å². The van der Waals surface area contributed by atoms with E-state index in [0.717, 1.165) is 17.7 Å². The normalized spacial score (nSPS) is 13.5. The van der Waals surface area contributed by atoms with Crippen molar-refractivity contribution in [2.24, 2.45) is 0 Å². The lowest BCUT2D eigenvalue weighted by atomic mass is 9.96. The molecule has 3 aromatic rings. The van der Waals surface area contributed by atoms with E-state index >= 15 is 0 Å². The fraction of sp³-hybridized carbons (Fsp3) is 0.292. The quantitative estimate of drug-likeness (QED) is 0.578. The third-order valence-corrected chi connectivity index (χ3v) is 5.41. The molecule has 154 valence electrons. The Morgan fingerprint density at radius 1 is 1.03 bits per heavy atom. The maximum Gasteiger partial charge on any atom is 0.333 e. The van der Waals surface area contributed by atoms with Crippen molar-refractivity contribution in [3.05, 3.63) is 77.9 Å². The highest BCUT2D eigenvalue weighted by atomic mass is 16.5. The van der Waals surface area contributed by atoms with Crippen LogP contribution in [-0.2, 0) is 16.0 Å². The molecule has 30 heavy (non-hydrogen) atoms. The molecule has 1 aromatic carbocycles. The van der Waals surface area contributed by atoms with Crippen molar-refractivity contribution >= 4 is 5.97 Å². The van der Waals surface area contributed by atoms with Crippen LogP contribution in [0.4, 0.5) is 0 Å². The summed E-state index contributed by atoms with van der Waals surface area (Å²) in [4.78, 5) is 19.8. The third kappa shape index (κ3) is 4.19. The Morgan fingerprint density at radius 3 is 2.23 bits per heavy atom. The molecule has 0 amide bonds. The van der Waals surface area contributed by atoms with E-state index in [-0.39, 0.29) is 5.92 Å². The van der Waals surface area contributed by atoms with Gasteiger partial charge in [-0.05, 0) is 65.4 Å². The van der Waals surface area contributed by atoms with E-state index in [0.29, 0.717) is 19.6 Å². The van der Waals surface area contributed by atoms with Crippen LogP contribution in [0.15, 0.2) is 61.2 Å². The first kappa shape index (κ1) is 20.0. The summed E-state index contributed by atoms with van der Waals surface area (Å²) in [7, 11) is 0. The minimum Gasteiger partial charge on any atom is -0.494 e. The monoisotopic (exact) mass is 404 g/mol. The predicted octanol–water partition coefficient (Wildman–Crippen LogP) is 4.09. The highest BCUT2D eigenvalue weighted by Gasteiger charge is 2.28. The van der Waals surface area contributed by atoms with E-state index in [1.165, 1.54) is 22.3 Å². The van der Waals surface area contributed by atoms with Gasteiger partial charge < -0.3 is 14.6 Å². The van der Waals surface area contributed by atoms with Gasteiger partial charge in [0.05, 0.1) is 6.61 Å². The van der Waals surface area contributed by atoms with Crippen molar-refractivity contribution in [3.8, 4) is 16.9 Å². The molecule has 0 saturated heterocycles. The summed E-state index contributed by atoms with van der Waals surface area (Å²) < 4.78 is 11.2. The molecule has 2 heterocycles. The van der Waals surface area contributed by atoms with Gasteiger partial charge in [0, 0.05) is 43.7 Å². The van der Waals surface area contributed by atoms with Crippen LogP contribution < -0.4 is 4.74 Å². The van der Waals surface area contributed by atoms with Crippen LogP contribution in [0, 0.1) is 0 Å². The molecule has 1 unspecified atom stereocenters. The Balaban J connectivity index is 1.38. The Bertz CT molecular complexity index is 974. The summed E-state index contributed by atoms with van der Waals surface area (Å²) >= 11 is 0. The van der Waals surface area contributed by atoms with Gasteiger partial charge in [-0.25, -0.2) is 4.79 Å². The van der Waals surface area contributed by atoms with Gasteiger partial charge in [0.1, 0.15) is 5.75 Å². The molecule has 1 atom stereocenters. The molecular formula is C24H24N2O4. The molecule has 6 nitrogen and oxygen atoms in total. The summed E-state index contributed by atoms with van der Waals surface area (Å²) in [5, 5.41) is 9.22. The zero-order valence-corrected chi connectivity index (χ0v) is 16.8. The molecule has 0 saturated carbocycles. The van der Waals surface area contributed by atoms with E-state index in [9.17, 15) is 9.90 Å². The zero-order chi connectivity index (χ0) is 20.9. The van der Waals surface area contributed by atoms with E-state index in [1.807, 2.05) is 49.1 Å². The SMILES string of the molecule is CCOC(Cc1ccc(OCCC2c3cnccc3-c3ccncc32)cc1)C(=O)O. The summed E-state index contributed by atoms with van der Waals surface area (Å²) in [5.74, 6) is 0.0373. The molecule has 0 radical (unpaired) electrons. The maximum atomic E-state index is 11.2. The number of ether oxygens (including phenoxy) is 2. The first-order valence-electron chi connectivity index (χ1n) is 10.1. The molecule has 1 aliphatic rings. The van der Waals surface area contributed by atoms with E-state index in [1.54, 1.807) is 6.92 Å². The van der Waals surface area contributed by atoms with Crippen molar-refractivity contribution in [2.75, 3.05) is 13.2 Å². The van der Waals surface area contributed by atoms with Gasteiger partial charge in [0.25, 0.3) is 0 Å². The number of hydrogen-bond donors (Lipinski definition) is 1. The van der Waals surface area contributed by atoms with Crippen molar-refractivity contribution in [1.29, 1.82) is 0 Å². The highest BCUT2D eigenvalue weighted by Crippen LogP contribution is 2.45. The van der Waals surface area contributed by atoms with Crippen LogP contribution in [0.1, 0.15) is 36.0 Å². The second-order valence-corrected chi connectivity index (χ2v) is 7.25. The van der Waals surface area contributed by atoms with Gasteiger partial charge in [-0.15, -0.1) is 0 Å². The average molecular weight is 404 g/mol. The van der Waals surface area contributed by atoms with Crippen molar-refractivity contribution in [3.63, 3.8) is 0 Å². The Morgan fingerprint density at radius 2 is 1.67 bits per heavy atom. The molecule has 6 heteroatoms. The number of carbonyl (C=O) groups is 1. The van der Waals surface area contributed by atoms with Gasteiger partial charge in [-0.3, -0.25) is 9.97 Å². The van der Waals surface area contributed by atoms with Crippen LogP contribution >= 0.6 is 0 Å². The maximum absolute atomic E-state index is 11.2. The smallest absolute Gasteiger partial charge is 0.333 e. The topological polar surface area (TPSA) is 81.5 Å². The third-order valence-electron chi connectivity index (χ3n) is 5.41. The number of aliphatic carboxylic acids is 1. The lowest BCUT2D eigenvalue weighted by Crippen LogP contribution is -2.26. The number of rotatable bonds is 9. The summed E-state index contributed by atoms with van der Waals surface area (Å²) in [6, 6.07) is 11.6. The molecule has 0 fully saturated rings.